The highest BCUT2D eigenvalue weighted by Crippen LogP contribution is 2.25. The third-order valence-corrected chi connectivity index (χ3v) is 4.89. The molecule has 1 aliphatic rings. The molecule has 1 heterocycles. The summed E-state index contributed by atoms with van der Waals surface area (Å²) in [4.78, 5) is 28.3. The van der Waals surface area contributed by atoms with E-state index in [1.807, 2.05) is 34.6 Å². The fraction of sp³-hybridized carbons (Fsp3) is 0.619. The molecule has 0 unspecified atom stereocenters. The van der Waals surface area contributed by atoms with Crippen LogP contribution in [0, 0.1) is 20.8 Å². The average molecular weight is 360 g/mol. The minimum absolute atomic E-state index is 0.121. The second-order valence-electron chi connectivity index (χ2n) is 8.29. The molecule has 1 aromatic rings. The fourth-order valence-electron chi connectivity index (χ4n) is 3.65. The zero-order valence-corrected chi connectivity index (χ0v) is 17.2. The lowest BCUT2D eigenvalue weighted by atomic mass is 9.91. The number of hydrogen-bond acceptors (Lipinski definition) is 4. The van der Waals surface area contributed by atoms with E-state index >= 15 is 0 Å². The first-order valence-electron chi connectivity index (χ1n) is 9.30. The number of aryl methyl sites for hydroxylation is 2. The van der Waals surface area contributed by atoms with Crippen LogP contribution in [-0.2, 0) is 11.3 Å². The standard InChI is InChI=1S/C21H32N2O3/c1-14-12-15(2)19(17(4)24)16(3)18(14)13-22-8-10-23(11-9-22)20(25)26-21(5,6)7/h12H,8-11,13H2,1-7H3. The molecule has 1 saturated heterocycles. The number of piperazine rings is 1. The third-order valence-electron chi connectivity index (χ3n) is 4.89. The maximum atomic E-state index is 12.2. The number of Topliss-reactive ketones (excluding diaryl/α,β-unsaturated/α-hetero) is 1. The summed E-state index contributed by atoms with van der Waals surface area (Å²) in [6, 6.07) is 2.11. The molecule has 1 fully saturated rings. The monoisotopic (exact) mass is 360 g/mol. The van der Waals surface area contributed by atoms with Crippen LogP contribution in [0.4, 0.5) is 4.79 Å². The Morgan fingerprint density at radius 2 is 1.62 bits per heavy atom. The molecule has 2 rings (SSSR count). The second kappa shape index (κ2) is 7.78. The van der Waals surface area contributed by atoms with Gasteiger partial charge in [-0.2, -0.15) is 0 Å². The number of benzene rings is 1. The Morgan fingerprint density at radius 3 is 2.12 bits per heavy atom. The lowest BCUT2D eigenvalue weighted by Crippen LogP contribution is -2.49. The summed E-state index contributed by atoms with van der Waals surface area (Å²) in [5, 5.41) is 0. The van der Waals surface area contributed by atoms with E-state index in [1.165, 1.54) is 11.1 Å². The van der Waals surface area contributed by atoms with E-state index in [1.54, 1.807) is 11.8 Å². The number of nitrogens with zero attached hydrogens (tertiary/aromatic N) is 2. The number of carbonyl (C=O) groups is 2. The zero-order valence-electron chi connectivity index (χ0n) is 17.2. The summed E-state index contributed by atoms with van der Waals surface area (Å²) < 4.78 is 5.46. The Hall–Kier alpha value is -1.88. The fourth-order valence-corrected chi connectivity index (χ4v) is 3.65. The average Bonchev–Trinajstić information content (AvgIpc) is 2.49. The summed E-state index contributed by atoms with van der Waals surface area (Å²) in [7, 11) is 0. The van der Waals surface area contributed by atoms with Crippen LogP contribution in [0.5, 0.6) is 0 Å². The molecule has 0 bridgehead atoms. The van der Waals surface area contributed by atoms with Crippen molar-refractivity contribution in [1.29, 1.82) is 0 Å². The summed E-state index contributed by atoms with van der Waals surface area (Å²) in [6.07, 6.45) is -0.237. The van der Waals surface area contributed by atoms with Crippen LogP contribution in [0.15, 0.2) is 6.07 Å². The van der Waals surface area contributed by atoms with Crippen LogP contribution in [-0.4, -0.2) is 53.5 Å². The molecular formula is C21H32N2O3. The number of amides is 1. The van der Waals surface area contributed by atoms with Gasteiger partial charge in [0.2, 0.25) is 0 Å². The Balaban J connectivity index is 2.05. The third kappa shape index (κ3) is 4.85. The topological polar surface area (TPSA) is 49.9 Å². The van der Waals surface area contributed by atoms with Gasteiger partial charge in [-0.1, -0.05) is 6.07 Å². The SMILES string of the molecule is CC(=O)c1c(C)cc(C)c(CN2CCN(C(=O)OC(C)(C)C)CC2)c1C. The molecule has 0 spiro atoms. The highest BCUT2D eigenvalue weighted by atomic mass is 16.6. The number of carbonyl (C=O) groups excluding carboxylic acids is 2. The summed E-state index contributed by atoms with van der Waals surface area (Å²) >= 11 is 0. The molecule has 1 aromatic carbocycles. The van der Waals surface area contributed by atoms with Crippen molar-refractivity contribution in [2.24, 2.45) is 0 Å². The Morgan fingerprint density at radius 1 is 1.04 bits per heavy atom. The van der Waals surface area contributed by atoms with Crippen LogP contribution in [0.25, 0.3) is 0 Å². The van der Waals surface area contributed by atoms with Crippen molar-refractivity contribution in [2.75, 3.05) is 26.2 Å². The van der Waals surface area contributed by atoms with Crippen molar-refractivity contribution >= 4 is 11.9 Å². The van der Waals surface area contributed by atoms with Crippen LogP contribution in [0.3, 0.4) is 0 Å². The molecule has 1 aliphatic heterocycles. The van der Waals surface area contributed by atoms with Gasteiger partial charge >= 0.3 is 6.09 Å². The zero-order chi connectivity index (χ0) is 19.6. The smallest absolute Gasteiger partial charge is 0.410 e. The van der Waals surface area contributed by atoms with Gasteiger partial charge in [0, 0.05) is 38.3 Å². The summed E-state index contributed by atoms with van der Waals surface area (Å²) in [6.45, 7) is 17.2. The highest BCUT2D eigenvalue weighted by Gasteiger charge is 2.26. The van der Waals surface area contributed by atoms with Gasteiger partial charge in [-0.3, -0.25) is 9.69 Å². The van der Waals surface area contributed by atoms with Crippen molar-refractivity contribution in [2.45, 2.75) is 60.6 Å². The van der Waals surface area contributed by atoms with Crippen molar-refractivity contribution in [3.8, 4) is 0 Å². The van der Waals surface area contributed by atoms with Crippen molar-refractivity contribution in [3.05, 3.63) is 33.9 Å². The van der Waals surface area contributed by atoms with Crippen molar-refractivity contribution < 1.29 is 14.3 Å². The van der Waals surface area contributed by atoms with Crippen LogP contribution < -0.4 is 0 Å². The Bertz CT molecular complexity index is 696. The highest BCUT2D eigenvalue weighted by molar-refractivity contribution is 5.97. The molecule has 0 saturated carbocycles. The van der Waals surface area contributed by atoms with E-state index < -0.39 is 5.60 Å². The van der Waals surface area contributed by atoms with E-state index in [2.05, 4.69) is 17.9 Å². The number of ether oxygens (including phenoxy) is 1. The minimum Gasteiger partial charge on any atom is -0.444 e. The molecular weight excluding hydrogens is 328 g/mol. The van der Waals surface area contributed by atoms with E-state index in [0.717, 1.165) is 36.3 Å². The first kappa shape index (κ1) is 20.4. The van der Waals surface area contributed by atoms with Gasteiger partial charge in [-0.05, 0) is 70.7 Å². The van der Waals surface area contributed by atoms with E-state index in [4.69, 9.17) is 4.74 Å². The van der Waals surface area contributed by atoms with Crippen LogP contribution >= 0.6 is 0 Å². The molecule has 0 aromatic heterocycles. The predicted octanol–water partition coefficient (Wildman–Crippen LogP) is 3.87. The van der Waals surface area contributed by atoms with Gasteiger partial charge in [0.25, 0.3) is 0 Å². The molecule has 0 radical (unpaired) electrons. The largest absolute Gasteiger partial charge is 0.444 e. The van der Waals surface area contributed by atoms with Gasteiger partial charge in [0.15, 0.2) is 5.78 Å². The van der Waals surface area contributed by atoms with Crippen molar-refractivity contribution in [1.82, 2.24) is 9.80 Å². The van der Waals surface area contributed by atoms with Gasteiger partial charge in [0.1, 0.15) is 5.60 Å². The molecule has 26 heavy (non-hydrogen) atoms. The van der Waals surface area contributed by atoms with E-state index in [9.17, 15) is 9.59 Å². The van der Waals surface area contributed by atoms with Gasteiger partial charge < -0.3 is 9.64 Å². The van der Waals surface area contributed by atoms with Crippen LogP contribution in [0.2, 0.25) is 0 Å². The van der Waals surface area contributed by atoms with Gasteiger partial charge in [0.05, 0.1) is 0 Å². The maximum absolute atomic E-state index is 12.2. The lowest BCUT2D eigenvalue weighted by molar-refractivity contribution is 0.0138. The molecule has 5 heteroatoms. The molecule has 0 atom stereocenters. The van der Waals surface area contributed by atoms with Gasteiger partial charge in [-0.15, -0.1) is 0 Å². The Kier molecular flexibility index (Phi) is 6.12. The molecule has 144 valence electrons. The van der Waals surface area contributed by atoms with Crippen LogP contribution in [0.1, 0.15) is 60.3 Å². The van der Waals surface area contributed by atoms with Gasteiger partial charge in [-0.25, -0.2) is 4.79 Å². The normalized spacial score (nSPS) is 15.9. The molecule has 5 nitrogen and oxygen atoms in total. The maximum Gasteiger partial charge on any atom is 0.410 e. The Labute approximate surface area is 157 Å². The predicted molar refractivity (Wildman–Crippen MR) is 104 cm³/mol. The molecule has 1 amide bonds. The summed E-state index contributed by atoms with van der Waals surface area (Å²) in [5.41, 5.74) is 4.97. The molecule has 0 aliphatic carbocycles. The quantitative estimate of drug-likeness (QED) is 0.768. The minimum atomic E-state index is -0.465. The number of hydrogen-bond donors (Lipinski definition) is 0. The van der Waals surface area contributed by atoms with E-state index in [-0.39, 0.29) is 11.9 Å². The number of rotatable bonds is 3. The summed E-state index contributed by atoms with van der Waals surface area (Å²) in [5.74, 6) is 0.121. The lowest BCUT2D eigenvalue weighted by Gasteiger charge is -2.36. The molecule has 0 N–H and O–H groups in total. The van der Waals surface area contributed by atoms with E-state index in [0.29, 0.717) is 13.1 Å². The first-order chi connectivity index (χ1) is 12.0. The second-order valence-corrected chi connectivity index (χ2v) is 8.29. The van der Waals surface area contributed by atoms with Crippen molar-refractivity contribution in [3.63, 3.8) is 0 Å². The number of ketones is 1. The first-order valence-corrected chi connectivity index (χ1v) is 9.30.